The van der Waals surface area contributed by atoms with Gasteiger partial charge >= 0.3 is 0 Å². The number of aromatic nitrogens is 4. The van der Waals surface area contributed by atoms with E-state index in [1.54, 1.807) is 27.8 Å². The van der Waals surface area contributed by atoms with E-state index in [-0.39, 0.29) is 36.2 Å². The van der Waals surface area contributed by atoms with Gasteiger partial charge in [-0.1, -0.05) is 19.9 Å². The monoisotopic (exact) mass is 607 g/mol. The van der Waals surface area contributed by atoms with Gasteiger partial charge in [-0.15, -0.1) is 0 Å². The lowest BCUT2D eigenvalue weighted by molar-refractivity contribution is -0.125. The van der Waals surface area contributed by atoms with Gasteiger partial charge in [0.15, 0.2) is 5.65 Å². The average molecular weight is 608 g/mol. The zero-order valence-corrected chi connectivity index (χ0v) is 25.8. The first-order valence-electron chi connectivity index (χ1n) is 15.2. The third-order valence-electron chi connectivity index (χ3n) is 7.85. The van der Waals surface area contributed by atoms with Gasteiger partial charge in [-0.05, 0) is 63.0 Å². The van der Waals surface area contributed by atoms with E-state index in [9.17, 15) is 14.0 Å². The minimum absolute atomic E-state index is 0.107. The van der Waals surface area contributed by atoms with Crippen molar-refractivity contribution in [2.75, 3.05) is 62.9 Å². The summed E-state index contributed by atoms with van der Waals surface area (Å²) in [5, 5.41) is 14.1. The molecule has 1 atom stereocenters. The molecule has 3 aromatic rings. The number of fused-ring (bicyclic) bond motifs is 1. The van der Waals surface area contributed by atoms with Gasteiger partial charge in [0, 0.05) is 62.8 Å². The highest BCUT2D eigenvalue weighted by Crippen LogP contribution is 2.25. The van der Waals surface area contributed by atoms with E-state index in [1.165, 1.54) is 12.1 Å². The Bertz CT molecular complexity index is 1500. The van der Waals surface area contributed by atoms with Crippen LogP contribution in [0.5, 0.6) is 0 Å². The van der Waals surface area contributed by atoms with Gasteiger partial charge in [-0.2, -0.15) is 19.6 Å². The van der Waals surface area contributed by atoms with Crippen molar-refractivity contribution in [3.05, 3.63) is 53.5 Å². The Kier molecular flexibility index (Phi) is 10.1. The minimum Gasteiger partial charge on any atom is -0.381 e. The fraction of sp³-hybridized carbons (Fsp3) is 0.516. The molecular formula is C31H42FN9O3. The number of rotatable bonds is 11. The second-order valence-electron chi connectivity index (χ2n) is 12.0. The fourth-order valence-corrected chi connectivity index (χ4v) is 5.40. The molecule has 1 unspecified atom stereocenters. The van der Waals surface area contributed by atoms with Crippen molar-refractivity contribution in [3.8, 4) is 0 Å². The molecule has 236 valence electrons. The van der Waals surface area contributed by atoms with Crippen LogP contribution in [0.3, 0.4) is 0 Å². The Balaban J connectivity index is 1.26. The summed E-state index contributed by atoms with van der Waals surface area (Å²) in [6, 6.07) is 4.66. The van der Waals surface area contributed by atoms with Crippen LogP contribution >= 0.6 is 0 Å². The van der Waals surface area contributed by atoms with Crippen molar-refractivity contribution < 1.29 is 18.7 Å². The maximum atomic E-state index is 14.7. The molecule has 0 saturated carbocycles. The van der Waals surface area contributed by atoms with Gasteiger partial charge in [0.05, 0.1) is 12.1 Å². The summed E-state index contributed by atoms with van der Waals surface area (Å²) in [6.45, 7) is 7.31. The smallest absolute Gasteiger partial charge is 0.246 e. The zero-order chi connectivity index (χ0) is 31.2. The van der Waals surface area contributed by atoms with Crippen molar-refractivity contribution in [1.29, 1.82) is 0 Å². The molecule has 0 bridgehead atoms. The Morgan fingerprint density at radius 3 is 2.70 bits per heavy atom. The lowest BCUT2D eigenvalue weighted by Gasteiger charge is -2.23. The van der Waals surface area contributed by atoms with Crippen molar-refractivity contribution in [3.63, 3.8) is 0 Å². The summed E-state index contributed by atoms with van der Waals surface area (Å²) in [6.07, 6.45) is 7.45. The van der Waals surface area contributed by atoms with Crippen molar-refractivity contribution >= 4 is 35.0 Å². The van der Waals surface area contributed by atoms with Crippen molar-refractivity contribution in [2.24, 2.45) is 5.92 Å². The number of likely N-dealkylation sites (tertiary alicyclic amines) is 1. The Labute approximate surface area is 257 Å². The number of nitrogens with zero attached hydrogens (tertiary/aromatic N) is 6. The molecule has 2 saturated heterocycles. The number of ether oxygens (including phenoxy) is 1. The van der Waals surface area contributed by atoms with Crippen molar-refractivity contribution in [1.82, 2.24) is 29.4 Å². The average Bonchev–Trinajstić information content (AvgIpc) is 3.64. The molecule has 0 aliphatic carbocycles. The second-order valence-corrected chi connectivity index (χ2v) is 12.0. The highest BCUT2D eigenvalue weighted by atomic mass is 19.1. The predicted octanol–water partition coefficient (Wildman–Crippen LogP) is 3.49. The number of likely N-dealkylation sites (N-methyl/N-ethyl adjacent to an activating group) is 1. The highest BCUT2D eigenvalue weighted by molar-refractivity contribution is 5.94. The van der Waals surface area contributed by atoms with Gasteiger partial charge < -0.3 is 30.5 Å². The molecule has 2 fully saturated rings. The highest BCUT2D eigenvalue weighted by Gasteiger charge is 2.30. The molecule has 2 aromatic heterocycles. The normalized spacial score (nSPS) is 17.7. The van der Waals surface area contributed by atoms with E-state index < -0.39 is 5.82 Å². The van der Waals surface area contributed by atoms with Gasteiger partial charge in [0.2, 0.25) is 23.7 Å². The van der Waals surface area contributed by atoms with Crippen LogP contribution in [0.2, 0.25) is 0 Å². The third kappa shape index (κ3) is 7.88. The van der Waals surface area contributed by atoms with E-state index in [2.05, 4.69) is 34.9 Å². The molecule has 44 heavy (non-hydrogen) atoms. The van der Waals surface area contributed by atoms with E-state index in [4.69, 9.17) is 14.7 Å². The summed E-state index contributed by atoms with van der Waals surface area (Å²) < 4.78 is 21.8. The number of hydrogen-bond acceptors (Lipinski definition) is 9. The van der Waals surface area contributed by atoms with Crippen LogP contribution in [0, 0.1) is 11.7 Å². The molecule has 3 N–H and O–H groups in total. The van der Waals surface area contributed by atoms with E-state index in [0.717, 1.165) is 18.4 Å². The standard InChI is InChI=1S/C31H42FN9O3/c1-20(2)26-18-34-41-28(26)37-30(36-24-8-12-44-13-9-24)38-31(41)33-17-21-14-23(32)16-25(15-21)35-29(43)22-7-11-40(19-22)27(42)6-5-10-39(3)4/h5-6,14-16,18,20,22,24H,7-13,17,19H2,1-4H3,(H,35,43)(H2,33,36,37,38). The molecule has 1 aromatic carbocycles. The van der Waals surface area contributed by atoms with Crippen LogP contribution in [0.15, 0.2) is 36.5 Å². The molecule has 12 nitrogen and oxygen atoms in total. The predicted molar refractivity (Wildman–Crippen MR) is 167 cm³/mol. The van der Waals surface area contributed by atoms with Crippen LogP contribution < -0.4 is 16.0 Å². The zero-order valence-electron chi connectivity index (χ0n) is 25.8. The molecule has 2 aliphatic heterocycles. The van der Waals surface area contributed by atoms with Gasteiger partial charge in [0.1, 0.15) is 5.82 Å². The number of anilines is 3. The number of amides is 2. The number of halogens is 1. The van der Waals surface area contributed by atoms with Crippen LogP contribution in [0.25, 0.3) is 5.65 Å². The molecule has 0 spiro atoms. The maximum absolute atomic E-state index is 14.7. The number of carbonyl (C=O) groups is 2. The Hall–Kier alpha value is -4.10. The number of benzene rings is 1. The van der Waals surface area contributed by atoms with Gasteiger partial charge in [-0.3, -0.25) is 9.59 Å². The van der Waals surface area contributed by atoms with Gasteiger partial charge in [-0.25, -0.2) is 4.39 Å². The minimum atomic E-state index is -0.468. The number of hydrogen-bond donors (Lipinski definition) is 3. The van der Waals surface area contributed by atoms with Crippen LogP contribution in [0.1, 0.15) is 50.2 Å². The van der Waals surface area contributed by atoms with E-state index in [1.807, 2.05) is 25.1 Å². The van der Waals surface area contributed by atoms with E-state index >= 15 is 0 Å². The third-order valence-corrected chi connectivity index (χ3v) is 7.85. The number of nitrogens with one attached hydrogen (secondary N) is 3. The first-order chi connectivity index (χ1) is 21.2. The first kappa shape index (κ1) is 31.3. The largest absolute Gasteiger partial charge is 0.381 e. The maximum Gasteiger partial charge on any atom is 0.246 e. The molecule has 2 aliphatic rings. The molecular weight excluding hydrogens is 565 g/mol. The lowest BCUT2D eigenvalue weighted by Crippen LogP contribution is -2.30. The summed E-state index contributed by atoms with van der Waals surface area (Å²) >= 11 is 0. The van der Waals surface area contributed by atoms with Crippen molar-refractivity contribution in [2.45, 2.75) is 51.6 Å². The summed E-state index contributed by atoms with van der Waals surface area (Å²) in [4.78, 5) is 38.6. The second kappa shape index (κ2) is 14.1. The van der Waals surface area contributed by atoms with Gasteiger partial charge in [0.25, 0.3) is 0 Å². The quantitative estimate of drug-likeness (QED) is 0.281. The first-order valence-corrected chi connectivity index (χ1v) is 15.2. The van der Waals surface area contributed by atoms with Crippen LogP contribution in [0.4, 0.5) is 22.0 Å². The number of carbonyl (C=O) groups excluding carboxylic acids is 2. The molecule has 4 heterocycles. The SMILES string of the molecule is CC(C)c1cnn2c(NCc3cc(F)cc(NC(=O)C4CCN(C(=O)C=CCN(C)C)C4)c3)nc(NC3CCOCC3)nc12. The topological polar surface area (TPSA) is 129 Å². The lowest BCUT2D eigenvalue weighted by atomic mass is 10.1. The fourth-order valence-electron chi connectivity index (χ4n) is 5.40. The Morgan fingerprint density at radius 1 is 1.16 bits per heavy atom. The molecule has 2 amide bonds. The summed E-state index contributed by atoms with van der Waals surface area (Å²) in [5.74, 6) is 0.0115. The molecule has 0 radical (unpaired) electrons. The molecule has 5 rings (SSSR count). The summed E-state index contributed by atoms with van der Waals surface area (Å²) in [5.41, 5.74) is 2.68. The Morgan fingerprint density at radius 2 is 1.95 bits per heavy atom. The van der Waals surface area contributed by atoms with E-state index in [0.29, 0.717) is 68.1 Å². The van der Waals surface area contributed by atoms with Crippen LogP contribution in [-0.2, 0) is 20.9 Å². The molecule has 13 heteroatoms. The summed E-state index contributed by atoms with van der Waals surface area (Å²) in [7, 11) is 3.86. The van der Waals surface area contributed by atoms with Crippen LogP contribution in [-0.4, -0.2) is 94.2 Å².